The Kier molecular flexibility index (Phi) is 4.79. The molecule has 3 aromatic rings. The number of para-hydroxylation sites is 1. The van der Waals surface area contributed by atoms with Crippen molar-refractivity contribution in [2.24, 2.45) is 0 Å². The van der Waals surface area contributed by atoms with Gasteiger partial charge in [-0.2, -0.15) is 0 Å². The van der Waals surface area contributed by atoms with Crippen molar-refractivity contribution >= 4 is 16.8 Å². The summed E-state index contributed by atoms with van der Waals surface area (Å²) in [6.07, 6.45) is 7.13. The van der Waals surface area contributed by atoms with Crippen molar-refractivity contribution < 1.29 is 4.79 Å². The van der Waals surface area contributed by atoms with E-state index >= 15 is 0 Å². The number of piperidine rings is 1. The van der Waals surface area contributed by atoms with Crippen molar-refractivity contribution in [2.75, 3.05) is 19.6 Å². The van der Waals surface area contributed by atoms with Crippen molar-refractivity contribution in [3.05, 3.63) is 59.3 Å². The van der Waals surface area contributed by atoms with Crippen LogP contribution in [0, 0.1) is 0 Å². The monoisotopic (exact) mass is 389 g/mol. The van der Waals surface area contributed by atoms with Crippen molar-refractivity contribution in [2.45, 2.75) is 45.2 Å². The topological polar surface area (TPSA) is 65.1 Å². The van der Waals surface area contributed by atoms with E-state index in [4.69, 9.17) is 4.98 Å². The highest BCUT2D eigenvalue weighted by molar-refractivity contribution is 5.82. The van der Waals surface area contributed by atoms with Crippen molar-refractivity contribution in [1.29, 1.82) is 0 Å². The third kappa shape index (κ3) is 3.65. The number of benzene rings is 1. The van der Waals surface area contributed by atoms with Crippen LogP contribution >= 0.6 is 0 Å². The number of carbonyl (C=O) groups excluding carboxylic acids is 1. The van der Waals surface area contributed by atoms with Crippen LogP contribution in [-0.2, 0) is 24.3 Å². The zero-order valence-corrected chi connectivity index (χ0v) is 16.9. The zero-order valence-electron chi connectivity index (χ0n) is 16.9. The van der Waals surface area contributed by atoms with E-state index in [0.717, 1.165) is 62.5 Å². The van der Waals surface area contributed by atoms with Gasteiger partial charge in [0, 0.05) is 67.8 Å². The average Bonchev–Trinajstić information content (AvgIpc) is 3.16. The summed E-state index contributed by atoms with van der Waals surface area (Å²) >= 11 is 0. The number of rotatable bonds is 3. The quantitative estimate of drug-likeness (QED) is 0.747. The number of hydrogen-bond acceptors (Lipinski definition) is 4. The Morgan fingerprint density at radius 1 is 1.21 bits per heavy atom. The molecule has 1 aromatic carbocycles. The van der Waals surface area contributed by atoms with E-state index < -0.39 is 0 Å². The molecule has 0 spiro atoms. The van der Waals surface area contributed by atoms with Gasteiger partial charge in [-0.15, -0.1) is 0 Å². The Balaban J connectivity index is 1.22. The minimum Gasteiger partial charge on any atom is -0.361 e. The second-order valence-corrected chi connectivity index (χ2v) is 8.30. The van der Waals surface area contributed by atoms with E-state index in [1.807, 2.05) is 11.1 Å². The second-order valence-electron chi connectivity index (χ2n) is 8.30. The molecule has 1 amide bonds. The van der Waals surface area contributed by atoms with E-state index in [-0.39, 0.29) is 5.91 Å². The molecule has 29 heavy (non-hydrogen) atoms. The van der Waals surface area contributed by atoms with Gasteiger partial charge < -0.3 is 9.88 Å². The SMILES string of the molecule is CC(=O)N1CCc2nc(C3CCN(Cc4c[nH]c5ccccc45)CC3)ncc2C1. The molecule has 5 rings (SSSR count). The molecule has 1 N–H and O–H groups in total. The zero-order chi connectivity index (χ0) is 19.8. The molecule has 6 nitrogen and oxygen atoms in total. The lowest BCUT2D eigenvalue weighted by molar-refractivity contribution is -0.129. The number of likely N-dealkylation sites (tertiary alicyclic amines) is 1. The minimum atomic E-state index is 0.127. The summed E-state index contributed by atoms with van der Waals surface area (Å²) in [6.45, 7) is 6.17. The molecule has 0 aliphatic carbocycles. The molecular formula is C23H27N5O. The van der Waals surface area contributed by atoms with Crippen LogP contribution in [0.3, 0.4) is 0 Å². The van der Waals surface area contributed by atoms with E-state index in [9.17, 15) is 4.79 Å². The van der Waals surface area contributed by atoms with E-state index in [2.05, 4.69) is 45.3 Å². The molecule has 1 fully saturated rings. The van der Waals surface area contributed by atoms with E-state index in [1.165, 1.54) is 16.5 Å². The van der Waals surface area contributed by atoms with Gasteiger partial charge in [-0.1, -0.05) is 18.2 Å². The molecular weight excluding hydrogens is 362 g/mol. The Bertz CT molecular complexity index is 1030. The van der Waals surface area contributed by atoms with Crippen molar-refractivity contribution in [1.82, 2.24) is 24.8 Å². The standard InChI is InChI=1S/C23H27N5O/c1-16(29)28-11-8-21-19(15-28)13-25-23(26-21)17-6-9-27(10-7-17)14-18-12-24-22-5-3-2-4-20(18)22/h2-5,12-13,17,24H,6-11,14-15H2,1H3. The molecule has 0 bridgehead atoms. The third-order valence-electron chi connectivity index (χ3n) is 6.42. The first-order valence-corrected chi connectivity index (χ1v) is 10.5. The van der Waals surface area contributed by atoms with Crippen LogP contribution < -0.4 is 0 Å². The summed E-state index contributed by atoms with van der Waals surface area (Å²) in [6, 6.07) is 8.51. The highest BCUT2D eigenvalue weighted by Gasteiger charge is 2.26. The molecule has 6 heteroatoms. The lowest BCUT2D eigenvalue weighted by Gasteiger charge is -2.32. The second kappa shape index (κ2) is 7.59. The summed E-state index contributed by atoms with van der Waals surface area (Å²) in [5.74, 6) is 1.56. The smallest absolute Gasteiger partial charge is 0.219 e. The van der Waals surface area contributed by atoms with Gasteiger partial charge in [0.2, 0.25) is 5.91 Å². The number of H-pyrrole nitrogens is 1. The van der Waals surface area contributed by atoms with E-state index in [0.29, 0.717) is 12.5 Å². The first kappa shape index (κ1) is 18.3. The number of nitrogens with one attached hydrogen (secondary N) is 1. The van der Waals surface area contributed by atoms with Crippen LogP contribution in [0.15, 0.2) is 36.7 Å². The lowest BCUT2D eigenvalue weighted by Crippen LogP contribution is -2.35. The molecule has 0 saturated carbocycles. The highest BCUT2D eigenvalue weighted by atomic mass is 16.2. The van der Waals surface area contributed by atoms with Crippen LogP contribution in [0.2, 0.25) is 0 Å². The van der Waals surface area contributed by atoms with Gasteiger partial charge in [-0.3, -0.25) is 9.69 Å². The Hall–Kier alpha value is -2.73. The molecule has 4 heterocycles. The number of carbonyl (C=O) groups is 1. The Labute approximate surface area is 171 Å². The number of aromatic nitrogens is 3. The molecule has 0 atom stereocenters. The Morgan fingerprint density at radius 3 is 2.86 bits per heavy atom. The molecule has 0 unspecified atom stereocenters. The van der Waals surface area contributed by atoms with Crippen LogP contribution in [0.1, 0.15) is 48.3 Å². The van der Waals surface area contributed by atoms with Gasteiger partial charge in [-0.25, -0.2) is 9.97 Å². The molecule has 2 aliphatic heterocycles. The average molecular weight is 390 g/mol. The molecule has 2 aliphatic rings. The van der Waals surface area contributed by atoms with Gasteiger partial charge in [-0.05, 0) is 37.6 Å². The predicted octanol–water partition coefficient (Wildman–Crippen LogP) is 3.24. The van der Waals surface area contributed by atoms with Crippen molar-refractivity contribution in [3.8, 4) is 0 Å². The number of nitrogens with zero attached hydrogens (tertiary/aromatic N) is 4. The van der Waals surface area contributed by atoms with Gasteiger partial charge >= 0.3 is 0 Å². The number of amides is 1. The largest absolute Gasteiger partial charge is 0.361 e. The van der Waals surface area contributed by atoms with E-state index in [1.54, 1.807) is 6.92 Å². The number of hydrogen-bond donors (Lipinski definition) is 1. The predicted molar refractivity (Wildman–Crippen MR) is 112 cm³/mol. The maximum Gasteiger partial charge on any atom is 0.219 e. The maximum absolute atomic E-state index is 11.6. The summed E-state index contributed by atoms with van der Waals surface area (Å²) in [7, 11) is 0. The fourth-order valence-electron chi connectivity index (χ4n) is 4.65. The molecule has 150 valence electrons. The molecule has 1 saturated heterocycles. The normalized spacial score (nSPS) is 18.2. The Morgan fingerprint density at radius 2 is 2.03 bits per heavy atom. The lowest BCUT2D eigenvalue weighted by atomic mass is 9.95. The fourth-order valence-corrected chi connectivity index (χ4v) is 4.65. The summed E-state index contributed by atoms with van der Waals surface area (Å²) in [5, 5.41) is 1.33. The first-order valence-electron chi connectivity index (χ1n) is 10.5. The van der Waals surface area contributed by atoms with Crippen LogP contribution in [0.5, 0.6) is 0 Å². The maximum atomic E-state index is 11.6. The van der Waals surface area contributed by atoms with Gasteiger partial charge in [0.25, 0.3) is 0 Å². The van der Waals surface area contributed by atoms with Crippen molar-refractivity contribution in [3.63, 3.8) is 0 Å². The van der Waals surface area contributed by atoms with Gasteiger partial charge in [0.05, 0.1) is 5.69 Å². The first-order chi connectivity index (χ1) is 14.2. The minimum absolute atomic E-state index is 0.127. The number of aromatic amines is 1. The number of fused-ring (bicyclic) bond motifs is 2. The highest BCUT2D eigenvalue weighted by Crippen LogP contribution is 2.29. The van der Waals surface area contributed by atoms with Gasteiger partial charge in [0.1, 0.15) is 5.82 Å². The summed E-state index contributed by atoms with van der Waals surface area (Å²) < 4.78 is 0. The van der Waals surface area contributed by atoms with Gasteiger partial charge in [0.15, 0.2) is 0 Å². The third-order valence-corrected chi connectivity index (χ3v) is 6.42. The van der Waals surface area contributed by atoms with Crippen LogP contribution in [0.4, 0.5) is 0 Å². The fraction of sp³-hybridized carbons (Fsp3) is 0.435. The van der Waals surface area contributed by atoms with Crippen LogP contribution in [-0.4, -0.2) is 50.3 Å². The van der Waals surface area contributed by atoms with Crippen LogP contribution in [0.25, 0.3) is 10.9 Å². The summed E-state index contributed by atoms with van der Waals surface area (Å²) in [5.41, 5.74) is 4.82. The molecule has 2 aromatic heterocycles. The molecule has 0 radical (unpaired) electrons. The summed E-state index contributed by atoms with van der Waals surface area (Å²) in [4.78, 5) is 29.0.